The van der Waals surface area contributed by atoms with Crippen molar-refractivity contribution < 1.29 is 0 Å². The maximum absolute atomic E-state index is 4.09. The Morgan fingerprint density at radius 2 is 1.84 bits per heavy atom. The van der Waals surface area contributed by atoms with Crippen LogP contribution in [0.4, 0.5) is 0 Å². The SMILES string of the molecule is Cc1ccccc1C[C@H](C)NC1CCN(CCc2ccncc2)CC1. The number of piperidine rings is 1. The molecule has 1 fully saturated rings. The summed E-state index contributed by atoms with van der Waals surface area (Å²) < 4.78 is 0. The van der Waals surface area contributed by atoms with Gasteiger partial charge in [0.1, 0.15) is 0 Å². The van der Waals surface area contributed by atoms with E-state index in [0.717, 1.165) is 19.4 Å². The first-order chi connectivity index (χ1) is 12.2. The molecule has 1 aliphatic rings. The number of benzene rings is 1. The molecular weight excluding hydrogens is 306 g/mol. The van der Waals surface area contributed by atoms with Gasteiger partial charge in [0, 0.05) is 31.0 Å². The smallest absolute Gasteiger partial charge is 0.0270 e. The first kappa shape index (κ1) is 18.1. The number of likely N-dealkylation sites (tertiary alicyclic amines) is 1. The Bertz CT molecular complexity index is 633. The van der Waals surface area contributed by atoms with E-state index in [0.29, 0.717) is 12.1 Å². The molecule has 2 aromatic rings. The third kappa shape index (κ3) is 5.65. The predicted octanol–water partition coefficient (Wildman–Crippen LogP) is 3.62. The van der Waals surface area contributed by atoms with Gasteiger partial charge in [0.15, 0.2) is 0 Å². The fourth-order valence-electron chi connectivity index (χ4n) is 3.79. The highest BCUT2D eigenvalue weighted by Crippen LogP contribution is 2.14. The van der Waals surface area contributed by atoms with Crippen molar-refractivity contribution in [3.8, 4) is 0 Å². The first-order valence-electron chi connectivity index (χ1n) is 9.62. The second kappa shape index (κ2) is 9.12. The topological polar surface area (TPSA) is 28.2 Å². The summed E-state index contributed by atoms with van der Waals surface area (Å²) in [5.74, 6) is 0. The van der Waals surface area contributed by atoms with Crippen LogP contribution in [0.2, 0.25) is 0 Å². The van der Waals surface area contributed by atoms with Crippen molar-refractivity contribution in [3.63, 3.8) is 0 Å². The monoisotopic (exact) mass is 337 g/mol. The molecule has 3 rings (SSSR count). The van der Waals surface area contributed by atoms with Gasteiger partial charge in [-0.05, 0) is 81.4 Å². The van der Waals surface area contributed by atoms with Crippen molar-refractivity contribution >= 4 is 0 Å². The minimum atomic E-state index is 0.537. The van der Waals surface area contributed by atoms with Crippen LogP contribution in [0, 0.1) is 6.92 Å². The van der Waals surface area contributed by atoms with Crippen molar-refractivity contribution in [3.05, 3.63) is 65.5 Å². The van der Waals surface area contributed by atoms with Gasteiger partial charge in [0.05, 0.1) is 0 Å². The third-order valence-corrected chi connectivity index (χ3v) is 5.36. The van der Waals surface area contributed by atoms with Crippen molar-refractivity contribution in [2.75, 3.05) is 19.6 Å². The van der Waals surface area contributed by atoms with Crippen molar-refractivity contribution in [1.82, 2.24) is 15.2 Å². The lowest BCUT2D eigenvalue weighted by molar-refractivity contribution is 0.193. The van der Waals surface area contributed by atoms with Crippen LogP contribution in [-0.2, 0) is 12.8 Å². The Labute approximate surface area is 152 Å². The molecule has 1 atom stereocenters. The van der Waals surface area contributed by atoms with Gasteiger partial charge in [-0.3, -0.25) is 4.98 Å². The molecule has 0 aliphatic carbocycles. The van der Waals surface area contributed by atoms with Crippen LogP contribution in [0.15, 0.2) is 48.8 Å². The van der Waals surface area contributed by atoms with E-state index < -0.39 is 0 Å². The molecule has 1 aromatic heterocycles. The molecule has 2 heterocycles. The number of aromatic nitrogens is 1. The van der Waals surface area contributed by atoms with Gasteiger partial charge in [-0.25, -0.2) is 0 Å². The fourth-order valence-corrected chi connectivity index (χ4v) is 3.79. The van der Waals surface area contributed by atoms with Crippen LogP contribution in [0.1, 0.15) is 36.5 Å². The van der Waals surface area contributed by atoms with Crippen molar-refractivity contribution in [2.45, 2.75) is 51.6 Å². The van der Waals surface area contributed by atoms with E-state index in [1.165, 1.54) is 42.6 Å². The lowest BCUT2D eigenvalue weighted by atomic mass is 9.99. The quantitative estimate of drug-likeness (QED) is 0.836. The summed E-state index contributed by atoms with van der Waals surface area (Å²) in [6, 6.07) is 14.2. The second-order valence-corrected chi connectivity index (χ2v) is 7.42. The average Bonchev–Trinajstić information content (AvgIpc) is 2.64. The highest BCUT2D eigenvalue weighted by atomic mass is 15.1. The van der Waals surface area contributed by atoms with Gasteiger partial charge in [-0.2, -0.15) is 0 Å². The molecular formula is C22H31N3. The van der Waals surface area contributed by atoms with E-state index in [1.54, 1.807) is 0 Å². The summed E-state index contributed by atoms with van der Waals surface area (Å²) in [5.41, 5.74) is 4.27. The molecule has 0 radical (unpaired) electrons. The zero-order valence-electron chi connectivity index (χ0n) is 15.6. The molecule has 1 saturated heterocycles. The van der Waals surface area contributed by atoms with Gasteiger partial charge in [-0.1, -0.05) is 24.3 Å². The summed E-state index contributed by atoms with van der Waals surface area (Å²) in [4.78, 5) is 6.69. The lowest BCUT2D eigenvalue weighted by Crippen LogP contribution is -2.46. The molecule has 1 N–H and O–H groups in total. The molecule has 1 aliphatic heterocycles. The van der Waals surface area contributed by atoms with Crippen LogP contribution in [-0.4, -0.2) is 41.6 Å². The minimum Gasteiger partial charge on any atom is -0.311 e. The number of nitrogens with zero attached hydrogens (tertiary/aromatic N) is 2. The average molecular weight is 338 g/mol. The molecule has 0 saturated carbocycles. The van der Waals surface area contributed by atoms with Gasteiger partial charge in [0.25, 0.3) is 0 Å². The maximum atomic E-state index is 4.09. The van der Waals surface area contributed by atoms with Crippen LogP contribution >= 0.6 is 0 Å². The van der Waals surface area contributed by atoms with Crippen LogP contribution in [0.25, 0.3) is 0 Å². The summed E-state index contributed by atoms with van der Waals surface area (Å²) in [5, 5.41) is 3.85. The molecule has 25 heavy (non-hydrogen) atoms. The van der Waals surface area contributed by atoms with Crippen LogP contribution < -0.4 is 5.32 Å². The summed E-state index contributed by atoms with van der Waals surface area (Å²) in [6.45, 7) is 8.11. The highest BCUT2D eigenvalue weighted by Gasteiger charge is 2.20. The molecule has 0 unspecified atom stereocenters. The Balaban J connectivity index is 1.38. The number of nitrogens with one attached hydrogen (secondary N) is 1. The number of hydrogen-bond acceptors (Lipinski definition) is 3. The Kier molecular flexibility index (Phi) is 6.60. The number of rotatable bonds is 7. The molecule has 3 heteroatoms. The lowest BCUT2D eigenvalue weighted by Gasteiger charge is -2.34. The molecule has 134 valence electrons. The molecule has 0 spiro atoms. The Morgan fingerprint density at radius 3 is 2.56 bits per heavy atom. The number of aryl methyl sites for hydroxylation is 1. The largest absolute Gasteiger partial charge is 0.311 e. The Hall–Kier alpha value is -1.71. The zero-order valence-corrected chi connectivity index (χ0v) is 15.6. The van der Waals surface area contributed by atoms with Gasteiger partial charge < -0.3 is 10.2 Å². The van der Waals surface area contributed by atoms with Crippen LogP contribution in [0.5, 0.6) is 0 Å². The first-order valence-corrected chi connectivity index (χ1v) is 9.62. The Morgan fingerprint density at radius 1 is 1.12 bits per heavy atom. The van der Waals surface area contributed by atoms with E-state index in [4.69, 9.17) is 0 Å². The predicted molar refractivity (Wildman–Crippen MR) is 105 cm³/mol. The summed E-state index contributed by atoms with van der Waals surface area (Å²) in [7, 11) is 0. The van der Waals surface area contributed by atoms with Crippen molar-refractivity contribution in [1.29, 1.82) is 0 Å². The second-order valence-electron chi connectivity index (χ2n) is 7.42. The zero-order chi connectivity index (χ0) is 17.5. The third-order valence-electron chi connectivity index (χ3n) is 5.36. The number of hydrogen-bond donors (Lipinski definition) is 1. The van der Waals surface area contributed by atoms with E-state index in [1.807, 2.05) is 12.4 Å². The van der Waals surface area contributed by atoms with Gasteiger partial charge in [-0.15, -0.1) is 0 Å². The van der Waals surface area contributed by atoms with Crippen molar-refractivity contribution in [2.24, 2.45) is 0 Å². The van der Waals surface area contributed by atoms with E-state index >= 15 is 0 Å². The number of pyridine rings is 1. The van der Waals surface area contributed by atoms with Gasteiger partial charge in [0.2, 0.25) is 0 Å². The molecule has 0 amide bonds. The molecule has 0 bridgehead atoms. The molecule has 3 nitrogen and oxygen atoms in total. The maximum Gasteiger partial charge on any atom is 0.0270 e. The van der Waals surface area contributed by atoms with E-state index in [2.05, 4.69) is 65.4 Å². The highest BCUT2D eigenvalue weighted by molar-refractivity contribution is 5.26. The van der Waals surface area contributed by atoms with Gasteiger partial charge >= 0.3 is 0 Å². The summed E-state index contributed by atoms with van der Waals surface area (Å²) >= 11 is 0. The fraction of sp³-hybridized carbons (Fsp3) is 0.500. The summed E-state index contributed by atoms with van der Waals surface area (Å²) in [6.07, 6.45) is 8.55. The molecule has 1 aromatic carbocycles. The van der Waals surface area contributed by atoms with E-state index in [9.17, 15) is 0 Å². The van der Waals surface area contributed by atoms with E-state index in [-0.39, 0.29) is 0 Å². The standard InChI is InChI=1S/C22H31N3/c1-18-5-3-4-6-21(18)17-19(2)24-22-10-15-25(16-11-22)14-9-20-7-12-23-13-8-20/h3-8,12-13,19,22,24H,9-11,14-17H2,1-2H3/t19-/m0/s1. The normalized spacial score (nSPS) is 17.5. The van der Waals surface area contributed by atoms with Crippen LogP contribution in [0.3, 0.4) is 0 Å². The minimum absolute atomic E-state index is 0.537.